The Morgan fingerprint density at radius 3 is 2.43 bits per heavy atom. The molecule has 0 radical (unpaired) electrons. The molecule has 122 valence electrons. The fourth-order valence-corrected chi connectivity index (χ4v) is 1.97. The van der Waals surface area contributed by atoms with Crippen LogP contribution in [0.5, 0.6) is 0 Å². The summed E-state index contributed by atoms with van der Waals surface area (Å²) in [5, 5.41) is 2.88. The highest BCUT2D eigenvalue weighted by Gasteiger charge is 2.21. The number of likely N-dealkylation sites (N-methyl/N-ethyl adjacent to an activating group) is 1. The van der Waals surface area contributed by atoms with Gasteiger partial charge >= 0.3 is 0 Å². The fraction of sp³-hybridized carbons (Fsp3) is 0.389. The molecule has 2 aromatic rings. The van der Waals surface area contributed by atoms with Gasteiger partial charge in [-0.3, -0.25) is 9.78 Å². The number of carbonyl (C=O) groups is 1. The number of aromatic nitrogens is 2. The van der Waals surface area contributed by atoms with E-state index in [1.54, 1.807) is 18.6 Å². The summed E-state index contributed by atoms with van der Waals surface area (Å²) in [7, 11) is 2.01. The molecular formula is C18H24N4O. The molecule has 1 amide bonds. The molecule has 0 unspecified atom stereocenters. The van der Waals surface area contributed by atoms with Crippen LogP contribution in [-0.4, -0.2) is 29.5 Å². The van der Waals surface area contributed by atoms with E-state index in [0.717, 1.165) is 24.5 Å². The summed E-state index contributed by atoms with van der Waals surface area (Å²) < 4.78 is 0. The number of hydrogen-bond acceptors (Lipinski definition) is 4. The minimum absolute atomic E-state index is 0.0157. The highest BCUT2D eigenvalue weighted by molar-refractivity contribution is 5.94. The second kappa shape index (κ2) is 7.22. The lowest BCUT2D eigenvalue weighted by Gasteiger charge is -2.20. The van der Waals surface area contributed by atoms with E-state index in [0.29, 0.717) is 0 Å². The molecule has 0 aromatic carbocycles. The zero-order valence-corrected chi connectivity index (χ0v) is 14.2. The van der Waals surface area contributed by atoms with Crippen molar-refractivity contribution in [3.05, 3.63) is 48.4 Å². The van der Waals surface area contributed by atoms with Gasteiger partial charge in [-0.15, -0.1) is 0 Å². The van der Waals surface area contributed by atoms with Crippen LogP contribution in [0.25, 0.3) is 0 Å². The fourth-order valence-electron chi connectivity index (χ4n) is 1.97. The lowest BCUT2D eigenvalue weighted by Crippen LogP contribution is -2.27. The molecule has 0 aliphatic heterocycles. The van der Waals surface area contributed by atoms with Gasteiger partial charge in [0.2, 0.25) is 5.91 Å². The van der Waals surface area contributed by atoms with Crippen LogP contribution in [-0.2, 0) is 11.2 Å². The molecule has 1 N–H and O–H groups in total. The van der Waals surface area contributed by atoms with Crippen molar-refractivity contribution in [2.75, 3.05) is 23.8 Å². The molecule has 2 heterocycles. The van der Waals surface area contributed by atoms with Gasteiger partial charge in [0.25, 0.3) is 0 Å². The normalized spacial score (nSPS) is 11.1. The molecule has 5 heteroatoms. The highest BCUT2D eigenvalue weighted by atomic mass is 16.2. The Morgan fingerprint density at radius 1 is 1.17 bits per heavy atom. The predicted octanol–water partition coefficient (Wildman–Crippen LogP) is 3.14. The number of amides is 1. The molecule has 0 aliphatic carbocycles. The first-order valence-electron chi connectivity index (χ1n) is 7.74. The van der Waals surface area contributed by atoms with Crippen molar-refractivity contribution in [3.8, 4) is 0 Å². The molecule has 0 atom stereocenters. The van der Waals surface area contributed by atoms with Gasteiger partial charge in [0, 0.05) is 31.4 Å². The third-order valence-corrected chi connectivity index (χ3v) is 3.56. The van der Waals surface area contributed by atoms with Crippen molar-refractivity contribution < 1.29 is 4.79 Å². The molecule has 0 bridgehead atoms. The number of nitrogens with zero attached hydrogens (tertiary/aromatic N) is 3. The summed E-state index contributed by atoms with van der Waals surface area (Å²) in [6.07, 6.45) is 6.24. The third kappa shape index (κ3) is 5.06. The van der Waals surface area contributed by atoms with Crippen molar-refractivity contribution >= 4 is 17.4 Å². The second-order valence-corrected chi connectivity index (χ2v) is 6.64. The van der Waals surface area contributed by atoms with Gasteiger partial charge < -0.3 is 10.2 Å². The maximum atomic E-state index is 12.0. The van der Waals surface area contributed by atoms with Crippen molar-refractivity contribution in [1.29, 1.82) is 0 Å². The van der Waals surface area contributed by atoms with Gasteiger partial charge in [-0.05, 0) is 36.2 Å². The smallest absolute Gasteiger partial charge is 0.229 e. The van der Waals surface area contributed by atoms with E-state index in [4.69, 9.17) is 0 Å². The van der Waals surface area contributed by atoms with Gasteiger partial charge in [-0.1, -0.05) is 20.8 Å². The van der Waals surface area contributed by atoms with Crippen LogP contribution in [0.3, 0.4) is 0 Å². The first-order chi connectivity index (χ1) is 10.9. The molecule has 0 fully saturated rings. The summed E-state index contributed by atoms with van der Waals surface area (Å²) in [4.78, 5) is 22.5. The van der Waals surface area contributed by atoms with E-state index >= 15 is 0 Å². The van der Waals surface area contributed by atoms with Gasteiger partial charge in [-0.2, -0.15) is 0 Å². The van der Waals surface area contributed by atoms with E-state index in [9.17, 15) is 4.79 Å². The number of nitrogens with one attached hydrogen (secondary N) is 1. The van der Waals surface area contributed by atoms with Crippen LogP contribution in [0, 0.1) is 5.41 Å². The number of rotatable bonds is 5. The summed E-state index contributed by atoms with van der Waals surface area (Å²) in [5.74, 6) is 0.867. The lowest BCUT2D eigenvalue weighted by molar-refractivity contribution is -0.123. The summed E-state index contributed by atoms with van der Waals surface area (Å²) in [5.41, 5.74) is 1.55. The summed E-state index contributed by atoms with van der Waals surface area (Å²) in [6, 6.07) is 7.85. The SMILES string of the molecule is CN(CCc1ccncc1)c1ccc(NC(=O)C(C)(C)C)cn1. The van der Waals surface area contributed by atoms with Crippen molar-refractivity contribution in [2.45, 2.75) is 27.2 Å². The maximum Gasteiger partial charge on any atom is 0.229 e. The summed E-state index contributed by atoms with van der Waals surface area (Å²) in [6.45, 7) is 6.52. The van der Waals surface area contributed by atoms with Crippen molar-refractivity contribution in [3.63, 3.8) is 0 Å². The van der Waals surface area contributed by atoms with Gasteiger partial charge in [0.05, 0.1) is 11.9 Å². The largest absolute Gasteiger partial charge is 0.359 e. The van der Waals surface area contributed by atoms with Gasteiger partial charge in [-0.25, -0.2) is 4.98 Å². The zero-order chi connectivity index (χ0) is 16.9. The predicted molar refractivity (Wildman–Crippen MR) is 93.5 cm³/mol. The monoisotopic (exact) mass is 312 g/mol. The van der Waals surface area contributed by atoms with Gasteiger partial charge in [0.15, 0.2) is 0 Å². The second-order valence-electron chi connectivity index (χ2n) is 6.64. The van der Waals surface area contributed by atoms with Crippen LogP contribution in [0.1, 0.15) is 26.3 Å². The topological polar surface area (TPSA) is 58.1 Å². The number of carbonyl (C=O) groups excluding carboxylic acids is 1. The molecular weight excluding hydrogens is 288 g/mol. The average Bonchev–Trinajstić information content (AvgIpc) is 2.53. The molecule has 2 rings (SSSR count). The van der Waals surface area contributed by atoms with E-state index in [-0.39, 0.29) is 5.91 Å². The van der Waals surface area contributed by atoms with Crippen molar-refractivity contribution in [2.24, 2.45) is 5.41 Å². The summed E-state index contributed by atoms with van der Waals surface area (Å²) >= 11 is 0. The molecule has 0 spiro atoms. The van der Waals surface area contributed by atoms with E-state index in [2.05, 4.69) is 20.2 Å². The minimum Gasteiger partial charge on any atom is -0.359 e. The quantitative estimate of drug-likeness (QED) is 0.921. The third-order valence-electron chi connectivity index (χ3n) is 3.56. The standard InChI is InChI=1S/C18H24N4O/c1-18(2,3)17(23)21-15-5-6-16(20-13-15)22(4)12-9-14-7-10-19-11-8-14/h5-8,10-11,13H,9,12H2,1-4H3,(H,21,23). The molecule has 5 nitrogen and oxygen atoms in total. The van der Waals surface area contributed by atoms with E-state index < -0.39 is 5.41 Å². The highest BCUT2D eigenvalue weighted by Crippen LogP contribution is 2.18. The van der Waals surface area contributed by atoms with Crippen LogP contribution >= 0.6 is 0 Å². The van der Waals surface area contributed by atoms with Crippen LogP contribution < -0.4 is 10.2 Å². The molecule has 23 heavy (non-hydrogen) atoms. The Labute approximate surface area is 137 Å². The Morgan fingerprint density at radius 2 is 1.87 bits per heavy atom. The van der Waals surface area contributed by atoms with Gasteiger partial charge in [0.1, 0.15) is 5.82 Å². The van der Waals surface area contributed by atoms with Crippen LogP contribution in [0.2, 0.25) is 0 Å². The molecule has 2 aromatic heterocycles. The first-order valence-corrected chi connectivity index (χ1v) is 7.74. The molecule has 0 saturated carbocycles. The average molecular weight is 312 g/mol. The Bertz CT molecular complexity index is 632. The Hall–Kier alpha value is -2.43. The zero-order valence-electron chi connectivity index (χ0n) is 14.2. The van der Waals surface area contributed by atoms with Crippen LogP contribution in [0.4, 0.5) is 11.5 Å². The van der Waals surface area contributed by atoms with E-state index in [1.807, 2.05) is 52.1 Å². The maximum absolute atomic E-state index is 12.0. The molecule has 0 aliphatic rings. The Kier molecular flexibility index (Phi) is 5.32. The Balaban J connectivity index is 1.92. The number of hydrogen-bond donors (Lipinski definition) is 1. The number of anilines is 2. The molecule has 0 saturated heterocycles. The minimum atomic E-state index is -0.417. The lowest BCUT2D eigenvalue weighted by atomic mass is 9.96. The van der Waals surface area contributed by atoms with Crippen molar-refractivity contribution in [1.82, 2.24) is 9.97 Å². The number of pyridine rings is 2. The van der Waals surface area contributed by atoms with E-state index in [1.165, 1.54) is 5.56 Å². The first kappa shape index (κ1) is 16.9. The van der Waals surface area contributed by atoms with Crippen LogP contribution in [0.15, 0.2) is 42.9 Å².